The monoisotopic (exact) mass is 468 g/mol. The Labute approximate surface area is 204 Å². The summed E-state index contributed by atoms with van der Waals surface area (Å²) >= 11 is 0. The highest BCUT2D eigenvalue weighted by Crippen LogP contribution is 2.43. The number of anilines is 2. The summed E-state index contributed by atoms with van der Waals surface area (Å²) in [5.41, 5.74) is 5.06. The van der Waals surface area contributed by atoms with Crippen LogP contribution in [0.4, 0.5) is 11.4 Å². The van der Waals surface area contributed by atoms with E-state index in [4.69, 9.17) is 0 Å². The summed E-state index contributed by atoms with van der Waals surface area (Å²) < 4.78 is 0. The van der Waals surface area contributed by atoms with E-state index in [2.05, 4.69) is 12.2 Å². The Hall–Kier alpha value is -4.19. The molecule has 1 unspecified atom stereocenters. The Morgan fingerprint density at radius 3 is 2.37 bits per heavy atom. The quantitative estimate of drug-likeness (QED) is 0.296. The lowest BCUT2D eigenvalue weighted by atomic mass is 9.92. The minimum absolute atomic E-state index is 0.0397. The molecule has 0 bridgehead atoms. The fraction of sp³-hybridized carbons (Fsp3) is 0.207. The highest BCUT2D eigenvalue weighted by atomic mass is 16.3. The van der Waals surface area contributed by atoms with E-state index in [9.17, 15) is 19.5 Å². The van der Waals surface area contributed by atoms with Gasteiger partial charge in [-0.2, -0.15) is 0 Å². The second-order valence-electron chi connectivity index (χ2n) is 8.81. The van der Waals surface area contributed by atoms with E-state index in [0.717, 1.165) is 23.1 Å². The van der Waals surface area contributed by atoms with E-state index in [1.807, 2.05) is 56.3 Å². The summed E-state index contributed by atoms with van der Waals surface area (Å²) in [6.07, 6.45) is 0.849. The first-order valence-corrected chi connectivity index (χ1v) is 11.6. The molecular weight excluding hydrogens is 440 g/mol. The van der Waals surface area contributed by atoms with Gasteiger partial charge in [0, 0.05) is 23.9 Å². The highest BCUT2D eigenvalue weighted by molar-refractivity contribution is 6.51. The summed E-state index contributed by atoms with van der Waals surface area (Å²) in [5.74, 6) is -1.93. The summed E-state index contributed by atoms with van der Waals surface area (Å²) in [4.78, 5) is 39.8. The molecule has 1 aliphatic rings. The minimum atomic E-state index is -0.826. The van der Waals surface area contributed by atoms with E-state index >= 15 is 0 Å². The third-order valence-electron chi connectivity index (χ3n) is 6.24. The zero-order valence-electron chi connectivity index (χ0n) is 20.3. The van der Waals surface area contributed by atoms with Gasteiger partial charge in [0.15, 0.2) is 0 Å². The molecule has 6 nitrogen and oxygen atoms in total. The van der Waals surface area contributed by atoms with Crippen LogP contribution >= 0.6 is 0 Å². The second-order valence-corrected chi connectivity index (χ2v) is 8.81. The van der Waals surface area contributed by atoms with Crippen LogP contribution in [0.2, 0.25) is 0 Å². The predicted octanol–water partition coefficient (Wildman–Crippen LogP) is 5.45. The zero-order chi connectivity index (χ0) is 25.3. The first kappa shape index (κ1) is 24.0. The van der Waals surface area contributed by atoms with E-state index in [1.165, 1.54) is 11.8 Å². The van der Waals surface area contributed by atoms with Crippen LogP contribution in [0.25, 0.3) is 5.76 Å². The van der Waals surface area contributed by atoms with Crippen molar-refractivity contribution in [3.8, 4) is 0 Å². The SMILES string of the molecule is CCc1ccc(C2/C(=C(\O)c3cc(C)ccc3C)C(=O)C(=O)N2c2cccc(NC(C)=O)c2)cc1. The topological polar surface area (TPSA) is 86.7 Å². The van der Waals surface area contributed by atoms with Crippen LogP contribution in [0, 0.1) is 13.8 Å². The van der Waals surface area contributed by atoms with E-state index in [1.54, 1.807) is 24.3 Å². The highest BCUT2D eigenvalue weighted by Gasteiger charge is 2.47. The fourth-order valence-corrected chi connectivity index (χ4v) is 4.42. The molecule has 0 aliphatic carbocycles. The third-order valence-corrected chi connectivity index (χ3v) is 6.24. The standard InChI is InChI=1S/C29H28N2O4/c1-5-20-11-13-21(14-12-20)26-25(27(33)24-15-17(2)9-10-18(24)3)28(34)29(35)31(26)23-8-6-7-22(16-23)30-19(4)32/h6-16,26,33H,5H2,1-4H3,(H,30,32)/b27-25+. The number of rotatable bonds is 5. The van der Waals surface area contributed by atoms with Crippen molar-refractivity contribution in [3.63, 3.8) is 0 Å². The molecule has 0 radical (unpaired) electrons. The lowest BCUT2D eigenvalue weighted by Gasteiger charge is -2.26. The molecule has 1 fully saturated rings. The Balaban J connectivity index is 1.94. The van der Waals surface area contributed by atoms with Crippen LogP contribution in [0.3, 0.4) is 0 Å². The molecule has 35 heavy (non-hydrogen) atoms. The van der Waals surface area contributed by atoms with Gasteiger partial charge in [0.2, 0.25) is 5.91 Å². The Bertz CT molecular complexity index is 1360. The van der Waals surface area contributed by atoms with Crippen molar-refractivity contribution >= 4 is 34.7 Å². The lowest BCUT2D eigenvalue weighted by molar-refractivity contribution is -0.132. The number of nitrogens with one attached hydrogen (secondary N) is 1. The summed E-state index contributed by atoms with van der Waals surface area (Å²) in [6.45, 7) is 7.21. The Morgan fingerprint density at radius 2 is 1.71 bits per heavy atom. The van der Waals surface area contributed by atoms with Crippen molar-refractivity contribution in [3.05, 3.63) is 100 Å². The number of nitrogens with zero attached hydrogens (tertiary/aromatic N) is 1. The number of carbonyl (C=O) groups excluding carboxylic acids is 3. The molecule has 178 valence electrons. The number of aryl methyl sites for hydroxylation is 3. The molecule has 3 aromatic carbocycles. The number of amides is 2. The minimum Gasteiger partial charge on any atom is -0.507 e. The fourth-order valence-electron chi connectivity index (χ4n) is 4.42. The van der Waals surface area contributed by atoms with Gasteiger partial charge in [-0.1, -0.05) is 55.0 Å². The second kappa shape index (κ2) is 9.58. The molecule has 1 atom stereocenters. The number of carbonyl (C=O) groups is 3. The van der Waals surface area contributed by atoms with Gasteiger partial charge >= 0.3 is 0 Å². The van der Waals surface area contributed by atoms with Crippen LogP contribution in [0.15, 0.2) is 72.3 Å². The van der Waals surface area contributed by atoms with Gasteiger partial charge in [0.05, 0.1) is 11.6 Å². The van der Waals surface area contributed by atoms with Gasteiger partial charge < -0.3 is 10.4 Å². The van der Waals surface area contributed by atoms with Gasteiger partial charge in [-0.25, -0.2) is 0 Å². The smallest absolute Gasteiger partial charge is 0.300 e. The molecular formula is C29H28N2O4. The number of Topliss-reactive ketones (excluding diaryl/α,β-unsaturated/α-hetero) is 1. The molecule has 3 aromatic rings. The average molecular weight is 469 g/mol. The molecule has 0 saturated carbocycles. The van der Waals surface area contributed by atoms with Crippen molar-refractivity contribution in [2.45, 2.75) is 40.2 Å². The van der Waals surface area contributed by atoms with Crippen LogP contribution < -0.4 is 10.2 Å². The van der Waals surface area contributed by atoms with Gasteiger partial charge in [0.1, 0.15) is 5.76 Å². The molecule has 1 heterocycles. The zero-order valence-corrected chi connectivity index (χ0v) is 20.3. The number of hydrogen-bond donors (Lipinski definition) is 2. The molecule has 0 spiro atoms. The summed E-state index contributed by atoms with van der Waals surface area (Å²) in [6, 6.07) is 19.3. The number of benzene rings is 3. The maximum atomic E-state index is 13.4. The first-order chi connectivity index (χ1) is 16.7. The number of ketones is 1. The van der Waals surface area contributed by atoms with E-state index in [0.29, 0.717) is 22.5 Å². The van der Waals surface area contributed by atoms with Crippen molar-refractivity contribution in [2.24, 2.45) is 0 Å². The Morgan fingerprint density at radius 1 is 1.00 bits per heavy atom. The van der Waals surface area contributed by atoms with Crippen LogP contribution in [-0.4, -0.2) is 22.7 Å². The molecule has 1 aliphatic heterocycles. The first-order valence-electron chi connectivity index (χ1n) is 11.6. The maximum absolute atomic E-state index is 13.4. The third kappa shape index (κ3) is 4.60. The normalized spacial score (nSPS) is 17.0. The molecule has 4 rings (SSSR count). The largest absolute Gasteiger partial charge is 0.507 e. The summed E-state index contributed by atoms with van der Waals surface area (Å²) in [7, 11) is 0. The van der Waals surface area contributed by atoms with Gasteiger partial charge in [-0.15, -0.1) is 0 Å². The Kier molecular flexibility index (Phi) is 6.56. The van der Waals surface area contributed by atoms with Crippen molar-refractivity contribution in [1.29, 1.82) is 0 Å². The van der Waals surface area contributed by atoms with Crippen LogP contribution in [0.1, 0.15) is 47.7 Å². The molecule has 6 heteroatoms. The van der Waals surface area contributed by atoms with Gasteiger partial charge in [-0.3, -0.25) is 19.3 Å². The summed E-state index contributed by atoms with van der Waals surface area (Å²) in [5, 5.41) is 14.1. The van der Waals surface area contributed by atoms with Crippen molar-refractivity contribution in [1.82, 2.24) is 0 Å². The number of aliphatic hydroxyl groups excluding tert-OH is 1. The average Bonchev–Trinajstić information content (AvgIpc) is 3.10. The molecule has 0 aromatic heterocycles. The van der Waals surface area contributed by atoms with E-state index in [-0.39, 0.29) is 17.2 Å². The predicted molar refractivity (Wildman–Crippen MR) is 137 cm³/mol. The van der Waals surface area contributed by atoms with E-state index < -0.39 is 17.7 Å². The number of aliphatic hydroxyl groups is 1. The molecule has 2 amide bonds. The van der Waals surface area contributed by atoms with Crippen molar-refractivity contribution in [2.75, 3.05) is 10.2 Å². The lowest BCUT2D eigenvalue weighted by Crippen LogP contribution is -2.29. The molecule has 1 saturated heterocycles. The van der Waals surface area contributed by atoms with Gasteiger partial charge in [-0.05, 0) is 61.2 Å². The van der Waals surface area contributed by atoms with Crippen LogP contribution in [-0.2, 0) is 20.8 Å². The maximum Gasteiger partial charge on any atom is 0.300 e. The van der Waals surface area contributed by atoms with Gasteiger partial charge in [0.25, 0.3) is 11.7 Å². The number of hydrogen-bond acceptors (Lipinski definition) is 4. The molecule has 2 N–H and O–H groups in total. The van der Waals surface area contributed by atoms with Crippen molar-refractivity contribution < 1.29 is 19.5 Å². The van der Waals surface area contributed by atoms with Crippen LogP contribution in [0.5, 0.6) is 0 Å².